The molecule has 0 heterocycles. The molecule has 0 unspecified atom stereocenters. The molecule has 2 N–H and O–H groups in total. The highest BCUT2D eigenvalue weighted by atomic mass is 28.4. The maximum atomic E-state index is 12.8. The predicted molar refractivity (Wildman–Crippen MR) is 173 cm³/mol. The number of hydrogen-bond acceptors (Lipinski definition) is 4. The van der Waals surface area contributed by atoms with Crippen molar-refractivity contribution in [2.75, 3.05) is 6.61 Å². The topological polar surface area (TPSA) is 59.6 Å². The third-order valence-corrected chi connectivity index (χ3v) is 12.5. The molecule has 6 heteroatoms. The Hall–Kier alpha value is -3.19. The summed E-state index contributed by atoms with van der Waals surface area (Å²) in [4.78, 5) is 12.8. The Morgan fingerprint density at radius 2 is 1.39 bits per heavy atom. The van der Waals surface area contributed by atoms with Crippen molar-refractivity contribution < 1.29 is 14.0 Å². The Morgan fingerprint density at radius 1 is 0.878 bits per heavy atom. The van der Waals surface area contributed by atoms with Crippen LogP contribution in [-0.2, 0) is 15.8 Å². The third-order valence-electron chi connectivity index (χ3n) is 7.53. The van der Waals surface area contributed by atoms with E-state index < -0.39 is 14.4 Å². The van der Waals surface area contributed by atoms with Crippen molar-refractivity contribution in [1.82, 2.24) is 10.6 Å². The van der Waals surface area contributed by atoms with E-state index >= 15 is 0 Å². The van der Waals surface area contributed by atoms with Crippen LogP contribution in [0.4, 0.5) is 4.79 Å². The van der Waals surface area contributed by atoms with Gasteiger partial charge in [0.05, 0.1) is 6.04 Å². The normalized spacial score (nSPS) is 14.2. The van der Waals surface area contributed by atoms with Crippen LogP contribution in [0.3, 0.4) is 0 Å². The fourth-order valence-corrected chi connectivity index (χ4v) is 10.2. The largest absolute Gasteiger partial charge is 0.445 e. The molecule has 3 aromatic rings. The van der Waals surface area contributed by atoms with Crippen LogP contribution >= 0.6 is 0 Å². The van der Waals surface area contributed by atoms with Crippen LogP contribution in [0.15, 0.2) is 104 Å². The molecule has 3 atom stereocenters. The van der Waals surface area contributed by atoms with Gasteiger partial charge in [0.1, 0.15) is 6.61 Å². The van der Waals surface area contributed by atoms with Crippen LogP contribution in [0.25, 0.3) is 0 Å². The van der Waals surface area contributed by atoms with Gasteiger partial charge < -0.3 is 19.8 Å². The molecule has 0 saturated heterocycles. The van der Waals surface area contributed by atoms with Crippen LogP contribution in [0.5, 0.6) is 0 Å². The number of hydrogen-bond donors (Lipinski definition) is 2. The van der Waals surface area contributed by atoms with Crippen molar-refractivity contribution in [3.8, 4) is 0 Å². The molecule has 5 nitrogen and oxygen atoms in total. The molecule has 0 aliphatic carbocycles. The molecule has 0 aliphatic rings. The fraction of sp³-hybridized carbons (Fsp3) is 0.400. The van der Waals surface area contributed by atoms with Crippen LogP contribution in [0, 0.1) is 5.92 Å². The molecule has 0 spiro atoms. The summed E-state index contributed by atoms with van der Waals surface area (Å²) in [6, 6.07) is 31.0. The Morgan fingerprint density at radius 3 is 1.85 bits per heavy atom. The molecule has 3 rings (SSSR count). The maximum Gasteiger partial charge on any atom is 0.407 e. The lowest BCUT2D eigenvalue weighted by atomic mass is 9.93. The first kappa shape index (κ1) is 32.3. The lowest BCUT2D eigenvalue weighted by molar-refractivity contribution is 0.127. The summed E-state index contributed by atoms with van der Waals surface area (Å²) in [6.45, 7) is 18.0. The van der Waals surface area contributed by atoms with Gasteiger partial charge >= 0.3 is 6.09 Å². The number of carbonyl (C=O) groups excluding carboxylic acids is 1. The molecule has 3 aromatic carbocycles. The minimum atomic E-state index is -2.65. The van der Waals surface area contributed by atoms with Crippen LogP contribution in [0.1, 0.15) is 53.5 Å². The van der Waals surface area contributed by atoms with E-state index in [4.69, 9.17) is 9.16 Å². The highest BCUT2D eigenvalue weighted by Crippen LogP contribution is 2.36. The smallest absolute Gasteiger partial charge is 0.407 e. The molecule has 0 fully saturated rings. The summed E-state index contributed by atoms with van der Waals surface area (Å²) in [6.07, 6.45) is 2.19. The van der Waals surface area contributed by atoms with Gasteiger partial charge in [0.2, 0.25) is 0 Å². The van der Waals surface area contributed by atoms with Crippen molar-refractivity contribution in [2.24, 2.45) is 5.92 Å². The van der Waals surface area contributed by atoms with E-state index in [9.17, 15) is 4.79 Å². The minimum Gasteiger partial charge on any atom is -0.445 e. The zero-order chi connectivity index (χ0) is 29.9. The average molecular weight is 573 g/mol. The van der Waals surface area contributed by atoms with Crippen LogP contribution < -0.4 is 21.0 Å². The fourth-order valence-electron chi connectivity index (χ4n) is 5.56. The molecular weight excluding hydrogens is 524 g/mol. The SMILES string of the molecule is C=CC[C@@H](N[C@@H](C)CO[Si](c1ccccc1)(c1ccccc1)C(C)(C)C)[C@@H](NC(=O)OCc1ccccc1)C(C)C. The van der Waals surface area contributed by atoms with E-state index in [2.05, 4.69) is 119 Å². The van der Waals surface area contributed by atoms with E-state index in [0.29, 0.717) is 13.0 Å². The van der Waals surface area contributed by atoms with E-state index in [1.54, 1.807) is 0 Å². The molecule has 220 valence electrons. The third kappa shape index (κ3) is 8.65. The number of nitrogens with one attached hydrogen (secondary N) is 2. The summed E-state index contributed by atoms with van der Waals surface area (Å²) < 4.78 is 12.7. The Bertz CT molecular complexity index is 1160. The highest BCUT2D eigenvalue weighted by molar-refractivity contribution is 6.99. The summed E-state index contributed by atoms with van der Waals surface area (Å²) in [5.41, 5.74) is 0.957. The molecular formula is C35H48N2O3Si. The van der Waals surface area contributed by atoms with Crippen LogP contribution in [-0.4, -0.2) is 39.1 Å². The van der Waals surface area contributed by atoms with Gasteiger partial charge in [-0.1, -0.05) is 132 Å². The summed E-state index contributed by atoms with van der Waals surface area (Å²) >= 11 is 0. The van der Waals surface area contributed by atoms with Crippen molar-refractivity contribution in [3.63, 3.8) is 0 Å². The van der Waals surface area contributed by atoms with Crippen molar-refractivity contribution >= 4 is 24.8 Å². The number of ether oxygens (including phenoxy) is 1. The summed E-state index contributed by atoms with van der Waals surface area (Å²) in [5, 5.41) is 9.31. The molecule has 0 bridgehead atoms. The molecule has 1 amide bonds. The van der Waals surface area contributed by atoms with Gasteiger partial charge in [-0.3, -0.25) is 0 Å². The van der Waals surface area contributed by atoms with E-state index in [-0.39, 0.29) is 35.7 Å². The van der Waals surface area contributed by atoms with E-state index in [0.717, 1.165) is 5.56 Å². The van der Waals surface area contributed by atoms with Crippen molar-refractivity contribution in [3.05, 3.63) is 109 Å². The second kappa shape index (κ2) is 15.2. The number of benzene rings is 3. The van der Waals surface area contributed by atoms with Gasteiger partial charge in [0.25, 0.3) is 8.32 Å². The zero-order valence-corrected chi connectivity index (χ0v) is 26.6. The number of rotatable bonds is 14. The number of carbonyl (C=O) groups is 1. The highest BCUT2D eigenvalue weighted by Gasteiger charge is 2.50. The Labute approximate surface area is 248 Å². The molecule has 0 saturated carbocycles. The van der Waals surface area contributed by atoms with Gasteiger partial charge in [0, 0.05) is 18.7 Å². The van der Waals surface area contributed by atoms with Gasteiger partial charge in [-0.15, -0.1) is 6.58 Å². The Kier molecular flexibility index (Phi) is 11.9. The van der Waals surface area contributed by atoms with Gasteiger partial charge in [-0.05, 0) is 40.2 Å². The van der Waals surface area contributed by atoms with Crippen LogP contribution in [0.2, 0.25) is 5.04 Å². The lowest BCUT2D eigenvalue weighted by Crippen LogP contribution is -2.67. The molecule has 41 heavy (non-hydrogen) atoms. The lowest BCUT2D eigenvalue weighted by Gasteiger charge is -2.44. The maximum absolute atomic E-state index is 12.8. The monoisotopic (exact) mass is 572 g/mol. The second-order valence-corrected chi connectivity index (χ2v) is 16.5. The minimum absolute atomic E-state index is 0.0324. The first-order valence-corrected chi connectivity index (χ1v) is 16.6. The van der Waals surface area contributed by atoms with E-state index in [1.807, 2.05) is 36.4 Å². The molecule has 0 aromatic heterocycles. The second-order valence-electron chi connectivity index (χ2n) is 12.1. The average Bonchev–Trinajstić information content (AvgIpc) is 2.96. The quantitative estimate of drug-likeness (QED) is 0.173. The molecule has 0 aliphatic heterocycles. The standard InChI is InChI=1S/C35H48N2O3Si/c1-8-18-32(33(27(2)3)37-34(38)39-26-29-19-12-9-13-20-29)36-28(4)25-40-41(35(5,6)7,30-21-14-10-15-22-30)31-23-16-11-17-24-31/h8-17,19-24,27-28,32-33,36H,1,18,25-26H2,2-7H3,(H,37,38)/t28-,32+,33-/m0/s1. The van der Waals surface area contributed by atoms with E-state index in [1.165, 1.54) is 10.4 Å². The van der Waals surface area contributed by atoms with Gasteiger partial charge in [-0.25, -0.2) is 4.79 Å². The first-order chi connectivity index (χ1) is 19.6. The predicted octanol–water partition coefficient (Wildman–Crippen LogP) is 6.44. The van der Waals surface area contributed by atoms with Crippen molar-refractivity contribution in [2.45, 2.75) is 77.7 Å². The summed E-state index contributed by atoms with van der Waals surface area (Å²) in [7, 11) is -2.65. The number of alkyl carbamates (subject to hydrolysis) is 1. The van der Waals surface area contributed by atoms with Gasteiger partial charge in [0.15, 0.2) is 0 Å². The Balaban J connectivity index is 1.77. The first-order valence-electron chi connectivity index (χ1n) is 14.7. The van der Waals surface area contributed by atoms with Gasteiger partial charge in [-0.2, -0.15) is 0 Å². The zero-order valence-electron chi connectivity index (χ0n) is 25.6. The molecule has 0 radical (unpaired) electrons. The van der Waals surface area contributed by atoms with Crippen molar-refractivity contribution in [1.29, 1.82) is 0 Å². The summed E-state index contributed by atoms with van der Waals surface area (Å²) in [5.74, 6) is 0.182. The number of amides is 1.